The lowest BCUT2D eigenvalue weighted by atomic mass is 10.8. The summed E-state index contributed by atoms with van der Waals surface area (Å²) in [5, 5.41) is 12.8. The minimum Gasteiger partial charge on any atom is -0.286 e. The van der Waals surface area contributed by atoms with Crippen molar-refractivity contribution in [1.29, 1.82) is 0 Å². The lowest BCUT2D eigenvalue weighted by Crippen LogP contribution is -1.61. The summed E-state index contributed by atoms with van der Waals surface area (Å²) in [6.45, 7) is 0. The Hall–Kier alpha value is -1.30. The number of aromatic nitrogens is 5. The first-order chi connectivity index (χ1) is 5.00. The smallest absolute Gasteiger partial charge is 0.125 e. The molecule has 0 radical (unpaired) electrons. The van der Waals surface area contributed by atoms with Gasteiger partial charge in [0.1, 0.15) is 5.51 Å². The topological polar surface area (TPSA) is 67.3 Å². The molecule has 0 aliphatic heterocycles. The second-order valence-corrected chi connectivity index (χ2v) is 1.85. The van der Waals surface area contributed by atoms with Crippen LogP contribution in [0.15, 0.2) is 24.0 Å². The molecule has 0 saturated carbocycles. The van der Waals surface area contributed by atoms with Crippen LogP contribution in [0, 0.1) is 0 Å². The van der Waals surface area contributed by atoms with E-state index in [4.69, 9.17) is 0 Å². The zero-order chi connectivity index (χ0) is 7.07. The normalized spacial score (nSPS) is 8.00. The van der Waals surface area contributed by atoms with Crippen LogP contribution in [0.2, 0.25) is 0 Å². The summed E-state index contributed by atoms with van der Waals surface area (Å²) in [7, 11) is 0. The molecule has 0 bridgehead atoms. The Labute approximate surface area is 61.3 Å². The second-order valence-electron chi connectivity index (χ2n) is 1.26. The van der Waals surface area contributed by atoms with Gasteiger partial charge in [-0.1, -0.05) is 4.49 Å². The Morgan fingerprint density at radius 3 is 2.60 bits per heavy atom. The first-order valence-electron chi connectivity index (χ1n) is 2.51. The monoisotopic (exact) mass is 155 g/mol. The molecule has 0 atom stereocenters. The Morgan fingerprint density at radius 2 is 2.40 bits per heavy atom. The molecular formula is C4H5N5S. The molecule has 0 fully saturated rings. The molecule has 0 aromatic carbocycles. The Bertz CT molecular complexity index is 153. The van der Waals surface area contributed by atoms with E-state index in [0.29, 0.717) is 0 Å². The van der Waals surface area contributed by atoms with Crippen molar-refractivity contribution in [3.8, 4) is 0 Å². The van der Waals surface area contributed by atoms with E-state index >= 15 is 0 Å². The van der Waals surface area contributed by atoms with Gasteiger partial charge in [-0.3, -0.25) is 5.10 Å². The van der Waals surface area contributed by atoms with Gasteiger partial charge < -0.3 is 0 Å². The number of rotatable bonds is 0. The van der Waals surface area contributed by atoms with E-state index in [9.17, 15) is 0 Å². The van der Waals surface area contributed by atoms with E-state index < -0.39 is 0 Å². The molecule has 2 heterocycles. The van der Waals surface area contributed by atoms with Crippen molar-refractivity contribution in [3.63, 3.8) is 0 Å². The van der Waals surface area contributed by atoms with Crippen LogP contribution < -0.4 is 0 Å². The summed E-state index contributed by atoms with van der Waals surface area (Å²) >= 11 is 1.24. The van der Waals surface area contributed by atoms with Crippen molar-refractivity contribution in [3.05, 3.63) is 24.0 Å². The van der Waals surface area contributed by atoms with Crippen molar-refractivity contribution in [2.75, 3.05) is 0 Å². The Kier molecular flexibility index (Phi) is 3.11. The van der Waals surface area contributed by atoms with E-state index in [-0.39, 0.29) is 0 Å². The van der Waals surface area contributed by atoms with Gasteiger partial charge in [0.15, 0.2) is 0 Å². The highest BCUT2D eigenvalue weighted by molar-refractivity contribution is 7.02. The number of hydrogen-bond acceptors (Lipinski definition) is 5. The summed E-state index contributed by atoms with van der Waals surface area (Å²) < 4.78 is 3.40. The minimum absolute atomic E-state index is 1.24. The Balaban J connectivity index is 0.0000001000. The molecule has 2 aromatic rings. The zero-order valence-electron chi connectivity index (χ0n) is 5.01. The molecule has 0 saturated heterocycles. The average Bonchev–Trinajstić information content (AvgIpc) is 2.67. The Morgan fingerprint density at radius 1 is 1.40 bits per heavy atom. The van der Waals surface area contributed by atoms with E-state index in [1.54, 1.807) is 17.9 Å². The van der Waals surface area contributed by atoms with Crippen LogP contribution in [0.4, 0.5) is 0 Å². The molecule has 10 heavy (non-hydrogen) atoms. The maximum atomic E-state index is 3.60. The van der Waals surface area contributed by atoms with Crippen molar-refractivity contribution >= 4 is 11.5 Å². The minimum atomic E-state index is 1.24. The standard InChI is InChI=1S/C3H4N2.CHN3S/c1-2-4-5-3-1;1-2-3-4-5-1/h1-3H,(H,4,5);1H. The number of hydrogen-bond donors (Lipinski definition) is 1. The average molecular weight is 155 g/mol. The number of aromatic amines is 1. The molecule has 6 heteroatoms. The molecular weight excluding hydrogens is 150 g/mol. The second kappa shape index (κ2) is 4.57. The van der Waals surface area contributed by atoms with Crippen LogP contribution in [-0.2, 0) is 0 Å². The largest absolute Gasteiger partial charge is 0.286 e. The third-order valence-electron chi connectivity index (χ3n) is 0.635. The van der Waals surface area contributed by atoms with Gasteiger partial charge in [-0.2, -0.15) is 5.10 Å². The van der Waals surface area contributed by atoms with Crippen LogP contribution in [0.1, 0.15) is 0 Å². The highest BCUT2D eigenvalue weighted by atomic mass is 32.1. The van der Waals surface area contributed by atoms with E-state index in [2.05, 4.69) is 25.0 Å². The third-order valence-corrected chi connectivity index (χ3v) is 0.991. The van der Waals surface area contributed by atoms with Crippen LogP contribution in [0.25, 0.3) is 0 Å². The molecule has 52 valence electrons. The molecule has 5 nitrogen and oxygen atoms in total. The summed E-state index contributed by atoms with van der Waals surface area (Å²) in [6.07, 6.45) is 3.46. The van der Waals surface area contributed by atoms with Crippen molar-refractivity contribution in [1.82, 2.24) is 25.0 Å². The fraction of sp³-hybridized carbons (Fsp3) is 0. The summed E-state index contributed by atoms with van der Waals surface area (Å²) in [5.74, 6) is 0. The summed E-state index contributed by atoms with van der Waals surface area (Å²) in [6, 6.07) is 1.83. The van der Waals surface area contributed by atoms with Gasteiger partial charge in [-0.25, -0.2) is 0 Å². The molecule has 0 unspecified atom stereocenters. The fourth-order valence-corrected chi connectivity index (χ4v) is 0.531. The highest BCUT2D eigenvalue weighted by Gasteiger charge is 1.62. The van der Waals surface area contributed by atoms with Crippen molar-refractivity contribution in [2.24, 2.45) is 0 Å². The van der Waals surface area contributed by atoms with E-state index in [0.717, 1.165) is 0 Å². The van der Waals surface area contributed by atoms with Gasteiger partial charge in [-0.05, 0) is 11.3 Å². The van der Waals surface area contributed by atoms with Gasteiger partial charge in [0.25, 0.3) is 0 Å². The van der Waals surface area contributed by atoms with Gasteiger partial charge in [0.2, 0.25) is 0 Å². The van der Waals surface area contributed by atoms with E-state index in [1.807, 2.05) is 6.07 Å². The predicted octanol–water partition coefficient (Wildman–Crippen LogP) is 0.343. The maximum Gasteiger partial charge on any atom is 0.125 e. The maximum absolute atomic E-state index is 3.60. The molecule has 0 aliphatic rings. The van der Waals surface area contributed by atoms with Crippen LogP contribution in [-0.4, -0.2) is 25.0 Å². The lowest BCUT2D eigenvalue weighted by Gasteiger charge is -1.49. The predicted molar refractivity (Wildman–Crippen MR) is 36.3 cm³/mol. The molecule has 0 amide bonds. The quantitative estimate of drug-likeness (QED) is 0.595. The van der Waals surface area contributed by atoms with Gasteiger partial charge >= 0.3 is 0 Å². The first-order valence-corrected chi connectivity index (χ1v) is 3.35. The zero-order valence-corrected chi connectivity index (χ0v) is 5.82. The lowest BCUT2D eigenvalue weighted by molar-refractivity contribution is 0.958. The van der Waals surface area contributed by atoms with Gasteiger partial charge in [0, 0.05) is 23.9 Å². The van der Waals surface area contributed by atoms with Crippen LogP contribution in [0.5, 0.6) is 0 Å². The SMILES string of the molecule is c1cn[nH]c1.c1nnns1. The van der Waals surface area contributed by atoms with Crippen molar-refractivity contribution in [2.45, 2.75) is 0 Å². The summed E-state index contributed by atoms with van der Waals surface area (Å²) in [5.41, 5.74) is 1.57. The number of nitrogens with zero attached hydrogens (tertiary/aromatic N) is 4. The number of H-pyrrole nitrogens is 1. The molecule has 0 aliphatic carbocycles. The van der Waals surface area contributed by atoms with Gasteiger partial charge in [0.05, 0.1) is 0 Å². The molecule has 0 spiro atoms. The van der Waals surface area contributed by atoms with Crippen LogP contribution >= 0.6 is 11.5 Å². The third kappa shape index (κ3) is 2.88. The molecule has 1 N–H and O–H groups in total. The van der Waals surface area contributed by atoms with Gasteiger partial charge in [-0.15, -0.1) is 5.10 Å². The molecule has 2 rings (SSSR count). The first kappa shape index (κ1) is 6.81. The van der Waals surface area contributed by atoms with E-state index in [1.165, 1.54) is 11.5 Å². The molecule has 2 aromatic heterocycles. The highest BCUT2D eigenvalue weighted by Crippen LogP contribution is 1.72. The fourth-order valence-electron chi connectivity index (χ4n) is 0.321. The van der Waals surface area contributed by atoms with Crippen LogP contribution in [0.3, 0.4) is 0 Å². The van der Waals surface area contributed by atoms with Crippen molar-refractivity contribution < 1.29 is 0 Å². The number of nitrogens with one attached hydrogen (secondary N) is 1. The summed E-state index contributed by atoms with van der Waals surface area (Å²) in [4.78, 5) is 0.